The molecular weight excluding hydrogens is 380 g/mol. The summed E-state index contributed by atoms with van der Waals surface area (Å²) < 4.78 is 13.3. The molecule has 0 spiro atoms. The van der Waals surface area contributed by atoms with E-state index in [0.717, 1.165) is 12.8 Å². The number of carbonyl (C=O) groups is 1. The second kappa shape index (κ2) is 7.26. The minimum absolute atomic E-state index is 0.228. The Morgan fingerprint density at radius 2 is 2.07 bits per heavy atom. The summed E-state index contributed by atoms with van der Waals surface area (Å²) >= 11 is 0. The van der Waals surface area contributed by atoms with Gasteiger partial charge in [0.2, 0.25) is 0 Å². The number of benzene rings is 1. The lowest BCUT2D eigenvalue weighted by Crippen LogP contribution is -2.38. The Bertz CT molecular complexity index is 894. The van der Waals surface area contributed by atoms with Crippen LogP contribution in [0.5, 0.6) is 11.8 Å². The molecule has 1 amide bonds. The maximum atomic E-state index is 11.0. The molecule has 1 aromatic heterocycles. The number of nitro groups is 1. The first-order chi connectivity index (χ1) is 13.8. The number of fused-ring (bicyclic) bond motifs is 1. The molecule has 0 unspecified atom stereocenters. The molecule has 1 saturated heterocycles. The minimum atomic E-state index is -0.855. The van der Waals surface area contributed by atoms with Crippen molar-refractivity contribution in [3.63, 3.8) is 0 Å². The van der Waals surface area contributed by atoms with Crippen LogP contribution in [0, 0.1) is 10.1 Å². The molecule has 1 fully saturated rings. The maximum Gasteiger partial charge on any atom is 0.415 e. The molecule has 154 valence electrons. The number of hydrogen-bond donors (Lipinski definition) is 1. The van der Waals surface area contributed by atoms with E-state index in [2.05, 4.69) is 4.98 Å². The summed E-state index contributed by atoms with van der Waals surface area (Å²) in [5.41, 5.74) is 0.526. The molecule has 10 nitrogen and oxygen atoms in total. The van der Waals surface area contributed by atoms with Gasteiger partial charge in [-0.3, -0.25) is 4.57 Å². The van der Waals surface area contributed by atoms with Gasteiger partial charge in [-0.25, -0.2) is 4.79 Å². The van der Waals surface area contributed by atoms with Gasteiger partial charge < -0.3 is 29.6 Å². The van der Waals surface area contributed by atoms with Crippen molar-refractivity contribution >= 4 is 11.9 Å². The smallest absolute Gasteiger partial charge is 0.415 e. The SMILES string of the molecule is C[C@]1(COc2ccc(C3CCN(C(=O)O)CC3)cc2)Cn2cc([N+](=O)[O-])nc2O1. The van der Waals surface area contributed by atoms with Gasteiger partial charge in [-0.1, -0.05) is 12.1 Å². The maximum absolute atomic E-state index is 11.0. The van der Waals surface area contributed by atoms with Gasteiger partial charge in [0.05, 0.1) is 6.54 Å². The third-order valence-electron chi connectivity index (χ3n) is 5.42. The van der Waals surface area contributed by atoms with E-state index in [-0.39, 0.29) is 18.4 Å². The molecule has 0 radical (unpaired) electrons. The van der Waals surface area contributed by atoms with Crippen LogP contribution in [0.1, 0.15) is 31.2 Å². The van der Waals surface area contributed by atoms with Gasteiger partial charge in [0.15, 0.2) is 5.60 Å². The lowest BCUT2D eigenvalue weighted by atomic mass is 9.89. The number of hydrogen-bond acceptors (Lipinski definition) is 6. The molecule has 2 aliphatic heterocycles. The number of likely N-dealkylation sites (tertiary alicyclic amines) is 1. The molecule has 0 saturated carbocycles. The van der Waals surface area contributed by atoms with E-state index >= 15 is 0 Å². The summed E-state index contributed by atoms with van der Waals surface area (Å²) in [7, 11) is 0. The van der Waals surface area contributed by atoms with Crippen molar-refractivity contribution in [1.29, 1.82) is 0 Å². The van der Waals surface area contributed by atoms with E-state index in [1.807, 2.05) is 31.2 Å². The van der Waals surface area contributed by atoms with Crippen LogP contribution in [-0.4, -0.2) is 55.9 Å². The predicted octanol–water partition coefficient (Wildman–Crippen LogP) is 2.88. The number of piperidine rings is 1. The molecule has 0 aliphatic carbocycles. The fourth-order valence-electron chi connectivity index (χ4n) is 3.83. The molecule has 0 bridgehead atoms. The van der Waals surface area contributed by atoms with Crippen molar-refractivity contribution in [2.24, 2.45) is 0 Å². The average molecular weight is 402 g/mol. The zero-order valence-electron chi connectivity index (χ0n) is 16.0. The van der Waals surface area contributed by atoms with Crippen molar-refractivity contribution in [2.45, 2.75) is 37.8 Å². The largest absolute Gasteiger partial charge is 0.489 e. The molecule has 1 aromatic carbocycles. The fourth-order valence-corrected chi connectivity index (χ4v) is 3.83. The Morgan fingerprint density at radius 1 is 1.38 bits per heavy atom. The van der Waals surface area contributed by atoms with Crippen LogP contribution >= 0.6 is 0 Å². The van der Waals surface area contributed by atoms with Crippen LogP contribution in [0.4, 0.5) is 10.6 Å². The highest BCUT2D eigenvalue weighted by Crippen LogP contribution is 2.32. The summed E-state index contributed by atoms with van der Waals surface area (Å²) in [5.74, 6) is 0.827. The van der Waals surface area contributed by atoms with Gasteiger partial charge in [-0.05, 0) is 48.3 Å². The first kappa shape index (κ1) is 19.0. The van der Waals surface area contributed by atoms with Crippen molar-refractivity contribution in [3.8, 4) is 11.8 Å². The molecule has 4 rings (SSSR count). The molecular formula is C19H22N4O6. The molecule has 2 aliphatic rings. The quantitative estimate of drug-likeness (QED) is 0.603. The van der Waals surface area contributed by atoms with Crippen molar-refractivity contribution in [1.82, 2.24) is 14.5 Å². The number of ether oxygens (including phenoxy) is 2. The Hall–Kier alpha value is -3.30. The van der Waals surface area contributed by atoms with Crippen LogP contribution < -0.4 is 9.47 Å². The third kappa shape index (κ3) is 3.96. The van der Waals surface area contributed by atoms with Crippen molar-refractivity contribution < 1.29 is 24.3 Å². The Kier molecular flexibility index (Phi) is 4.77. The summed E-state index contributed by atoms with van der Waals surface area (Å²) in [6.07, 6.45) is 2.14. The van der Waals surface area contributed by atoms with Crippen LogP contribution in [0.15, 0.2) is 30.5 Å². The predicted molar refractivity (Wildman–Crippen MR) is 101 cm³/mol. The highest BCUT2D eigenvalue weighted by molar-refractivity contribution is 5.65. The summed E-state index contributed by atoms with van der Waals surface area (Å²) in [6, 6.07) is 8.07. The number of carboxylic acid groups (broad SMARTS) is 1. The molecule has 29 heavy (non-hydrogen) atoms. The van der Waals surface area contributed by atoms with Gasteiger partial charge in [0, 0.05) is 18.1 Å². The van der Waals surface area contributed by atoms with E-state index in [1.54, 1.807) is 4.57 Å². The van der Waals surface area contributed by atoms with Crippen LogP contribution in [0.25, 0.3) is 0 Å². The van der Waals surface area contributed by atoms with E-state index in [9.17, 15) is 14.9 Å². The normalized spacial score (nSPS) is 21.5. The first-order valence-electron chi connectivity index (χ1n) is 9.44. The van der Waals surface area contributed by atoms with Gasteiger partial charge >= 0.3 is 17.9 Å². The molecule has 1 atom stereocenters. The van der Waals surface area contributed by atoms with Crippen LogP contribution in [-0.2, 0) is 6.54 Å². The van der Waals surface area contributed by atoms with E-state index in [4.69, 9.17) is 14.6 Å². The Balaban J connectivity index is 1.31. The van der Waals surface area contributed by atoms with Gasteiger partial charge in [-0.15, -0.1) is 0 Å². The molecule has 3 heterocycles. The highest BCUT2D eigenvalue weighted by atomic mass is 16.6. The monoisotopic (exact) mass is 402 g/mol. The van der Waals surface area contributed by atoms with E-state index in [0.29, 0.717) is 31.3 Å². The second-order valence-corrected chi connectivity index (χ2v) is 7.72. The Morgan fingerprint density at radius 3 is 2.66 bits per heavy atom. The fraction of sp³-hybridized carbons (Fsp3) is 0.474. The zero-order chi connectivity index (χ0) is 20.6. The van der Waals surface area contributed by atoms with Crippen LogP contribution in [0.2, 0.25) is 0 Å². The van der Waals surface area contributed by atoms with E-state index < -0.39 is 16.6 Å². The highest BCUT2D eigenvalue weighted by Gasteiger charge is 2.41. The molecule has 10 heteroatoms. The topological polar surface area (TPSA) is 120 Å². The minimum Gasteiger partial charge on any atom is -0.489 e. The summed E-state index contributed by atoms with van der Waals surface area (Å²) in [4.78, 5) is 26.6. The van der Waals surface area contributed by atoms with Gasteiger partial charge in [0.25, 0.3) is 0 Å². The molecule has 2 aromatic rings. The van der Waals surface area contributed by atoms with Crippen molar-refractivity contribution in [3.05, 3.63) is 46.1 Å². The zero-order valence-corrected chi connectivity index (χ0v) is 16.0. The summed E-state index contributed by atoms with van der Waals surface area (Å²) in [6.45, 7) is 3.68. The number of aromatic nitrogens is 2. The molecule has 1 N–H and O–H groups in total. The average Bonchev–Trinajstić information content (AvgIpc) is 3.22. The second-order valence-electron chi connectivity index (χ2n) is 7.72. The van der Waals surface area contributed by atoms with Gasteiger partial charge in [0.1, 0.15) is 18.6 Å². The number of rotatable bonds is 5. The summed E-state index contributed by atoms with van der Waals surface area (Å²) in [5, 5.41) is 19.8. The standard InChI is InChI=1S/C19H22N4O6/c1-19(11-22-10-16(23(26)27)20-17(22)29-19)12-28-15-4-2-13(3-5-15)14-6-8-21(9-7-14)18(24)25/h2-5,10,14H,6-9,11-12H2,1H3,(H,24,25)/t19-/m1/s1. The third-order valence-corrected chi connectivity index (χ3v) is 5.42. The van der Waals surface area contributed by atoms with Crippen LogP contribution in [0.3, 0.4) is 0 Å². The van der Waals surface area contributed by atoms with Crippen molar-refractivity contribution in [2.75, 3.05) is 19.7 Å². The lowest BCUT2D eigenvalue weighted by Gasteiger charge is -2.30. The number of nitrogens with zero attached hydrogens (tertiary/aromatic N) is 4. The number of imidazole rings is 1. The van der Waals surface area contributed by atoms with Gasteiger partial charge in [-0.2, -0.15) is 0 Å². The van der Waals surface area contributed by atoms with E-state index in [1.165, 1.54) is 16.7 Å². The Labute approximate surface area is 166 Å². The lowest BCUT2D eigenvalue weighted by molar-refractivity contribution is -0.389. The number of amides is 1. The first-order valence-corrected chi connectivity index (χ1v) is 9.44.